The Bertz CT molecular complexity index is 2220. The highest BCUT2D eigenvalue weighted by molar-refractivity contribution is 6.09. The van der Waals surface area contributed by atoms with Crippen molar-refractivity contribution in [1.82, 2.24) is 24.1 Å². The zero-order valence-electron chi connectivity index (χ0n) is 22.6. The molecule has 3 aromatic heterocycles. The summed E-state index contributed by atoms with van der Waals surface area (Å²) >= 11 is 0. The first kappa shape index (κ1) is 24.1. The van der Waals surface area contributed by atoms with Crippen molar-refractivity contribution in [2.45, 2.75) is 6.54 Å². The molecule has 0 bridgehead atoms. The molecule has 8 rings (SSSR count). The number of aromatic hydroxyl groups is 1. The van der Waals surface area contributed by atoms with E-state index in [-0.39, 0.29) is 5.75 Å². The smallest absolute Gasteiger partial charge is 0.185 e. The summed E-state index contributed by atoms with van der Waals surface area (Å²) in [6.45, 7) is 0.643. The number of benzene rings is 5. The first-order chi connectivity index (χ1) is 20.7. The van der Waals surface area contributed by atoms with Crippen LogP contribution in [0.1, 0.15) is 5.56 Å². The molecule has 0 aliphatic carbocycles. The summed E-state index contributed by atoms with van der Waals surface area (Å²) in [6, 6.07) is 42.9. The first-order valence-electron chi connectivity index (χ1n) is 13.9. The maximum atomic E-state index is 11.0. The van der Waals surface area contributed by atoms with Gasteiger partial charge in [-0.3, -0.25) is 0 Å². The number of nitrogens with zero attached hydrogens (tertiary/aromatic N) is 5. The predicted octanol–water partition coefficient (Wildman–Crippen LogP) is 7.99. The Kier molecular flexibility index (Phi) is 5.57. The van der Waals surface area contributed by atoms with E-state index in [1.54, 1.807) is 16.9 Å². The lowest BCUT2D eigenvalue weighted by atomic mass is 9.99. The molecular formula is C36H25N5O. The van der Waals surface area contributed by atoms with E-state index >= 15 is 0 Å². The van der Waals surface area contributed by atoms with Crippen LogP contribution in [0, 0.1) is 0 Å². The van der Waals surface area contributed by atoms with Gasteiger partial charge < -0.3 is 9.67 Å². The summed E-state index contributed by atoms with van der Waals surface area (Å²) in [5.74, 6) is 0.590. The van der Waals surface area contributed by atoms with Gasteiger partial charge in [-0.1, -0.05) is 115 Å². The molecule has 6 heteroatoms. The lowest BCUT2D eigenvalue weighted by Crippen LogP contribution is -2.03. The van der Waals surface area contributed by atoms with Gasteiger partial charge in [0.15, 0.2) is 11.5 Å². The SMILES string of the molecule is Oc1cc2ccccc2cc1-c1nc2c3c(-c4ccccc4)c(-c4ccccc4)n(Cc4ccccc4)c3ncn2n1. The van der Waals surface area contributed by atoms with Crippen molar-refractivity contribution >= 4 is 27.5 Å². The summed E-state index contributed by atoms with van der Waals surface area (Å²) in [5, 5.41) is 18.7. The average molecular weight is 544 g/mol. The number of aromatic nitrogens is 5. The molecular weight excluding hydrogens is 518 g/mol. The van der Waals surface area contributed by atoms with E-state index in [9.17, 15) is 5.11 Å². The van der Waals surface area contributed by atoms with Crippen LogP contribution in [0.4, 0.5) is 0 Å². The second-order valence-corrected chi connectivity index (χ2v) is 10.4. The standard InChI is InChI=1S/C36H25N5O/c42-30-21-28-19-11-10-18-27(28)20-29(30)34-38-36-32-31(25-14-6-2-7-15-25)33(26-16-8-3-9-17-26)40(22-24-12-4-1-5-13-24)35(32)37-23-41(36)39-34/h1-21,23,42H,22H2. The highest BCUT2D eigenvalue weighted by Gasteiger charge is 2.25. The van der Waals surface area contributed by atoms with Gasteiger partial charge in [0.2, 0.25) is 0 Å². The zero-order valence-corrected chi connectivity index (χ0v) is 22.6. The van der Waals surface area contributed by atoms with Gasteiger partial charge in [-0.25, -0.2) is 14.5 Å². The third kappa shape index (κ3) is 3.92. The number of phenols is 1. The van der Waals surface area contributed by atoms with Crippen LogP contribution in [0.5, 0.6) is 5.75 Å². The largest absolute Gasteiger partial charge is 0.507 e. The van der Waals surface area contributed by atoms with Crippen LogP contribution in [0.25, 0.3) is 61.2 Å². The molecule has 1 N–H and O–H groups in total. The van der Waals surface area contributed by atoms with Crippen molar-refractivity contribution in [3.05, 3.63) is 139 Å². The molecule has 5 aromatic carbocycles. The normalized spacial score (nSPS) is 11.5. The second kappa shape index (κ2) is 9.71. The molecule has 0 aliphatic rings. The lowest BCUT2D eigenvalue weighted by molar-refractivity contribution is 0.477. The minimum atomic E-state index is 0.142. The zero-order chi connectivity index (χ0) is 28.0. The fourth-order valence-corrected chi connectivity index (χ4v) is 5.86. The molecule has 0 fully saturated rings. The Morgan fingerprint density at radius 3 is 1.98 bits per heavy atom. The maximum Gasteiger partial charge on any atom is 0.185 e. The van der Waals surface area contributed by atoms with Gasteiger partial charge in [0, 0.05) is 12.1 Å². The van der Waals surface area contributed by atoms with E-state index in [1.165, 1.54) is 5.56 Å². The molecule has 0 aliphatic heterocycles. The van der Waals surface area contributed by atoms with E-state index in [1.807, 2.05) is 48.5 Å². The molecule has 6 nitrogen and oxygen atoms in total. The van der Waals surface area contributed by atoms with Crippen molar-refractivity contribution in [3.63, 3.8) is 0 Å². The monoisotopic (exact) mass is 543 g/mol. The summed E-state index contributed by atoms with van der Waals surface area (Å²) in [5.41, 5.74) is 7.55. The van der Waals surface area contributed by atoms with Gasteiger partial charge in [0.1, 0.15) is 17.7 Å². The molecule has 0 amide bonds. The van der Waals surface area contributed by atoms with Crippen LogP contribution in [-0.4, -0.2) is 29.3 Å². The van der Waals surface area contributed by atoms with E-state index in [4.69, 9.17) is 15.1 Å². The van der Waals surface area contributed by atoms with Gasteiger partial charge in [-0.2, -0.15) is 0 Å². The molecule has 0 atom stereocenters. The van der Waals surface area contributed by atoms with Crippen molar-refractivity contribution < 1.29 is 5.11 Å². The highest BCUT2D eigenvalue weighted by atomic mass is 16.3. The van der Waals surface area contributed by atoms with Crippen LogP contribution in [0.3, 0.4) is 0 Å². The second-order valence-electron chi connectivity index (χ2n) is 10.4. The van der Waals surface area contributed by atoms with Crippen LogP contribution in [0.2, 0.25) is 0 Å². The Morgan fingerprint density at radius 2 is 1.26 bits per heavy atom. The summed E-state index contributed by atoms with van der Waals surface area (Å²) in [4.78, 5) is 10.0. The van der Waals surface area contributed by atoms with Gasteiger partial charge >= 0.3 is 0 Å². The Labute approximate surface area is 241 Å². The number of hydrogen-bond acceptors (Lipinski definition) is 4. The van der Waals surface area contributed by atoms with Gasteiger partial charge in [-0.05, 0) is 39.6 Å². The number of rotatable bonds is 5. The third-order valence-corrected chi connectivity index (χ3v) is 7.78. The molecule has 8 aromatic rings. The quantitative estimate of drug-likeness (QED) is 0.239. The third-order valence-electron chi connectivity index (χ3n) is 7.78. The number of hydrogen-bond donors (Lipinski definition) is 1. The van der Waals surface area contributed by atoms with Gasteiger partial charge in [0.25, 0.3) is 0 Å². The Morgan fingerprint density at radius 1 is 0.643 bits per heavy atom. The van der Waals surface area contributed by atoms with Crippen LogP contribution in [-0.2, 0) is 6.54 Å². The molecule has 200 valence electrons. The fraction of sp³-hybridized carbons (Fsp3) is 0.0278. The maximum absolute atomic E-state index is 11.0. The molecule has 0 saturated carbocycles. The van der Waals surface area contributed by atoms with E-state index in [0.717, 1.165) is 44.2 Å². The van der Waals surface area contributed by atoms with Gasteiger partial charge in [-0.15, -0.1) is 5.10 Å². The van der Waals surface area contributed by atoms with Crippen molar-refractivity contribution in [3.8, 4) is 39.5 Å². The Hall–Kier alpha value is -5.75. The molecule has 0 radical (unpaired) electrons. The molecule has 0 unspecified atom stereocenters. The molecule has 0 spiro atoms. The average Bonchev–Trinajstić information content (AvgIpc) is 3.61. The summed E-state index contributed by atoms with van der Waals surface area (Å²) in [6.07, 6.45) is 1.72. The van der Waals surface area contributed by atoms with Crippen molar-refractivity contribution in [1.29, 1.82) is 0 Å². The Balaban J connectivity index is 1.46. The van der Waals surface area contributed by atoms with Crippen LogP contribution in [0.15, 0.2) is 134 Å². The molecule has 3 heterocycles. The van der Waals surface area contributed by atoms with Crippen molar-refractivity contribution in [2.24, 2.45) is 0 Å². The highest BCUT2D eigenvalue weighted by Crippen LogP contribution is 2.42. The van der Waals surface area contributed by atoms with Crippen LogP contribution < -0.4 is 0 Å². The van der Waals surface area contributed by atoms with E-state index in [2.05, 4.69) is 77.4 Å². The predicted molar refractivity (Wildman–Crippen MR) is 167 cm³/mol. The number of phenolic OH excluding ortho intramolecular Hbond substituents is 1. The number of fused-ring (bicyclic) bond motifs is 4. The lowest BCUT2D eigenvalue weighted by Gasteiger charge is -2.13. The topological polar surface area (TPSA) is 68.2 Å². The molecule has 0 saturated heterocycles. The molecule has 42 heavy (non-hydrogen) atoms. The fourth-order valence-electron chi connectivity index (χ4n) is 5.86. The van der Waals surface area contributed by atoms with Gasteiger partial charge in [0.05, 0.1) is 16.6 Å². The first-order valence-corrected chi connectivity index (χ1v) is 13.9. The van der Waals surface area contributed by atoms with Crippen LogP contribution >= 0.6 is 0 Å². The summed E-state index contributed by atoms with van der Waals surface area (Å²) in [7, 11) is 0. The van der Waals surface area contributed by atoms with E-state index < -0.39 is 0 Å². The summed E-state index contributed by atoms with van der Waals surface area (Å²) < 4.78 is 4.00. The van der Waals surface area contributed by atoms with E-state index in [0.29, 0.717) is 23.6 Å². The van der Waals surface area contributed by atoms with Crippen molar-refractivity contribution in [2.75, 3.05) is 0 Å². The minimum Gasteiger partial charge on any atom is -0.507 e. The minimum absolute atomic E-state index is 0.142.